The van der Waals surface area contributed by atoms with E-state index in [4.69, 9.17) is 32.4 Å². The number of anilines is 1. The lowest BCUT2D eigenvalue weighted by molar-refractivity contribution is -0.384. The molecule has 8 nitrogen and oxygen atoms in total. The van der Waals surface area contributed by atoms with Crippen LogP contribution in [0.2, 0.25) is 10.0 Å². The summed E-state index contributed by atoms with van der Waals surface area (Å²) in [4.78, 5) is 35.1. The molecule has 144 valence electrons. The lowest BCUT2D eigenvalue weighted by atomic mass is 10.1. The van der Waals surface area contributed by atoms with Crippen LogP contribution in [0.15, 0.2) is 40.8 Å². The Labute approximate surface area is 168 Å². The number of nitro groups is 1. The van der Waals surface area contributed by atoms with E-state index in [2.05, 4.69) is 5.32 Å². The molecule has 0 saturated carbocycles. The molecule has 0 saturated heterocycles. The molecule has 1 N–H and O–H groups in total. The predicted molar refractivity (Wildman–Crippen MR) is 103 cm³/mol. The van der Waals surface area contributed by atoms with Crippen molar-refractivity contribution in [2.24, 2.45) is 0 Å². The summed E-state index contributed by atoms with van der Waals surface area (Å²) in [6, 6.07) is 7.88. The van der Waals surface area contributed by atoms with Crippen molar-refractivity contribution in [2.45, 2.75) is 6.92 Å². The van der Waals surface area contributed by atoms with Crippen molar-refractivity contribution < 1.29 is 23.7 Å². The van der Waals surface area contributed by atoms with Crippen LogP contribution in [0.1, 0.15) is 23.0 Å². The van der Waals surface area contributed by atoms with E-state index in [1.165, 1.54) is 36.4 Å². The molecule has 0 aliphatic heterocycles. The van der Waals surface area contributed by atoms with E-state index in [1.807, 2.05) is 0 Å². The summed E-state index contributed by atoms with van der Waals surface area (Å²) in [5, 5.41) is 14.0. The van der Waals surface area contributed by atoms with E-state index >= 15 is 0 Å². The number of non-ortho nitro benzene ring substituents is 1. The first-order valence-corrected chi connectivity index (χ1v) is 8.72. The standard InChI is InChI=1S/C18H12Cl2N2O6/c1-2-27-18(24)21-14-12-7-10(19)8-13(20)16(12)28-17(14)15(23)9-3-5-11(6-4-9)22(25)26/h3-8H,2H2,1H3,(H,21,24). The van der Waals surface area contributed by atoms with Gasteiger partial charge in [0.05, 0.1) is 16.6 Å². The van der Waals surface area contributed by atoms with Crippen LogP contribution in [0.4, 0.5) is 16.2 Å². The van der Waals surface area contributed by atoms with Crippen molar-refractivity contribution >= 4 is 57.4 Å². The number of amides is 1. The molecular weight excluding hydrogens is 411 g/mol. The molecule has 3 rings (SSSR count). The highest BCUT2D eigenvalue weighted by molar-refractivity contribution is 6.39. The number of fused-ring (bicyclic) bond motifs is 1. The number of benzene rings is 2. The zero-order chi connectivity index (χ0) is 20.4. The third kappa shape index (κ3) is 3.78. The van der Waals surface area contributed by atoms with Gasteiger partial charge in [0.2, 0.25) is 5.78 Å². The molecule has 0 bridgehead atoms. The Morgan fingerprint density at radius 3 is 2.50 bits per heavy atom. The van der Waals surface area contributed by atoms with Crippen LogP contribution >= 0.6 is 23.2 Å². The van der Waals surface area contributed by atoms with Crippen molar-refractivity contribution in [3.8, 4) is 0 Å². The summed E-state index contributed by atoms with van der Waals surface area (Å²) in [5.41, 5.74) is 0.156. The number of carbonyl (C=O) groups is 2. The topological polar surface area (TPSA) is 112 Å². The van der Waals surface area contributed by atoms with Gasteiger partial charge in [-0.05, 0) is 31.2 Å². The molecule has 0 radical (unpaired) electrons. The Bertz CT molecular complexity index is 1090. The highest BCUT2D eigenvalue weighted by atomic mass is 35.5. The summed E-state index contributed by atoms with van der Waals surface area (Å²) in [7, 11) is 0. The SMILES string of the molecule is CCOC(=O)Nc1c(C(=O)c2ccc([N+](=O)[O-])cc2)oc2c(Cl)cc(Cl)cc12. The van der Waals surface area contributed by atoms with Gasteiger partial charge < -0.3 is 9.15 Å². The molecule has 0 aliphatic carbocycles. The minimum atomic E-state index is -0.793. The Hall–Kier alpha value is -3.10. The van der Waals surface area contributed by atoms with Crippen LogP contribution in [0.5, 0.6) is 0 Å². The molecule has 0 aliphatic rings. The zero-order valence-electron chi connectivity index (χ0n) is 14.3. The van der Waals surface area contributed by atoms with Gasteiger partial charge in [-0.3, -0.25) is 20.2 Å². The van der Waals surface area contributed by atoms with Gasteiger partial charge >= 0.3 is 6.09 Å². The highest BCUT2D eigenvalue weighted by Crippen LogP contribution is 2.38. The van der Waals surface area contributed by atoms with Crippen molar-refractivity contribution in [3.05, 3.63) is 67.9 Å². The number of ether oxygens (including phenoxy) is 1. The van der Waals surface area contributed by atoms with Gasteiger partial charge in [0, 0.05) is 28.1 Å². The lowest BCUT2D eigenvalue weighted by Crippen LogP contribution is -2.15. The Balaban J connectivity index is 2.12. The lowest BCUT2D eigenvalue weighted by Gasteiger charge is -2.06. The first-order chi connectivity index (χ1) is 13.3. The third-order valence-electron chi connectivity index (χ3n) is 3.76. The third-order valence-corrected chi connectivity index (χ3v) is 4.26. The van der Waals surface area contributed by atoms with E-state index in [1.54, 1.807) is 6.92 Å². The number of nitrogens with zero attached hydrogens (tertiary/aromatic N) is 1. The number of nitro benzene ring substituents is 1. The van der Waals surface area contributed by atoms with Gasteiger partial charge in [0.25, 0.3) is 5.69 Å². The maximum absolute atomic E-state index is 12.9. The predicted octanol–water partition coefficient (Wildman–Crippen LogP) is 5.45. The second kappa shape index (κ2) is 7.87. The molecule has 28 heavy (non-hydrogen) atoms. The fourth-order valence-electron chi connectivity index (χ4n) is 2.54. The van der Waals surface area contributed by atoms with E-state index < -0.39 is 16.8 Å². The summed E-state index contributed by atoms with van der Waals surface area (Å²) in [5.74, 6) is -0.814. The van der Waals surface area contributed by atoms with Crippen molar-refractivity contribution in [1.82, 2.24) is 0 Å². The Morgan fingerprint density at radius 2 is 1.89 bits per heavy atom. The summed E-state index contributed by atoms with van der Waals surface area (Å²) >= 11 is 12.2. The second-order valence-electron chi connectivity index (χ2n) is 5.55. The summed E-state index contributed by atoms with van der Waals surface area (Å²) < 4.78 is 10.5. The number of nitrogens with one attached hydrogen (secondary N) is 1. The molecular formula is C18H12Cl2N2O6. The fourth-order valence-corrected chi connectivity index (χ4v) is 3.08. The van der Waals surface area contributed by atoms with E-state index in [9.17, 15) is 19.7 Å². The number of rotatable bonds is 5. The van der Waals surface area contributed by atoms with Crippen LogP contribution in [0.3, 0.4) is 0 Å². The molecule has 1 aromatic heterocycles. The monoisotopic (exact) mass is 422 g/mol. The molecule has 0 spiro atoms. The van der Waals surface area contributed by atoms with Crippen molar-refractivity contribution in [3.63, 3.8) is 0 Å². The quantitative estimate of drug-likeness (QED) is 0.332. The number of carbonyl (C=O) groups excluding carboxylic acids is 2. The Morgan fingerprint density at radius 1 is 1.21 bits per heavy atom. The highest BCUT2D eigenvalue weighted by Gasteiger charge is 2.26. The normalized spacial score (nSPS) is 10.7. The number of hydrogen-bond donors (Lipinski definition) is 1. The van der Waals surface area contributed by atoms with Crippen LogP contribution in [0.25, 0.3) is 11.0 Å². The summed E-state index contributed by atoms with van der Waals surface area (Å²) in [6.07, 6.45) is -0.793. The van der Waals surface area contributed by atoms with E-state index in [-0.39, 0.29) is 44.9 Å². The van der Waals surface area contributed by atoms with Gasteiger partial charge in [-0.1, -0.05) is 23.2 Å². The fraction of sp³-hybridized carbons (Fsp3) is 0.111. The summed E-state index contributed by atoms with van der Waals surface area (Å²) in [6.45, 7) is 1.75. The molecule has 1 amide bonds. The van der Waals surface area contributed by atoms with Gasteiger partial charge in [-0.2, -0.15) is 0 Å². The maximum Gasteiger partial charge on any atom is 0.411 e. The molecule has 2 aromatic carbocycles. The van der Waals surface area contributed by atoms with Crippen LogP contribution in [0, 0.1) is 10.1 Å². The minimum Gasteiger partial charge on any atom is -0.450 e. The van der Waals surface area contributed by atoms with Crippen LogP contribution in [-0.4, -0.2) is 23.4 Å². The number of hydrogen-bond acceptors (Lipinski definition) is 6. The van der Waals surface area contributed by atoms with E-state index in [0.717, 1.165) is 0 Å². The average Bonchev–Trinajstić information content (AvgIpc) is 3.00. The molecule has 0 atom stereocenters. The van der Waals surface area contributed by atoms with Crippen molar-refractivity contribution in [2.75, 3.05) is 11.9 Å². The molecule has 3 aromatic rings. The van der Waals surface area contributed by atoms with Crippen molar-refractivity contribution in [1.29, 1.82) is 0 Å². The number of halogens is 2. The van der Waals surface area contributed by atoms with Gasteiger partial charge in [-0.15, -0.1) is 0 Å². The van der Waals surface area contributed by atoms with E-state index in [0.29, 0.717) is 5.39 Å². The second-order valence-corrected chi connectivity index (χ2v) is 6.39. The largest absolute Gasteiger partial charge is 0.450 e. The first kappa shape index (κ1) is 19.7. The van der Waals surface area contributed by atoms with Gasteiger partial charge in [0.1, 0.15) is 5.69 Å². The molecule has 1 heterocycles. The number of furan rings is 1. The Kier molecular flexibility index (Phi) is 5.53. The van der Waals surface area contributed by atoms with Crippen LogP contribution < -0.4 is 5.32 Å². The maximum atomic E-state index is 12.9. The molecule has 10 heteroatoms. The smallest absolute Gasteiger partial charge is 0.411 e. The molecule has 0 unspecified atom stereocenters. The molecule has 0 fully saturated rings. The minimum absolute atomic E-state index is 0.0428. The first-order valence-electron chi connectivity index (χ1n) is 7.96. The average molecular weight is 423 g/mol. The van der Waals surface area contributed by atoms with Gasteiger partial charge in [-0.25, -0.2) is 4.79 Å². The zero-order valence-corrected chi connectivity index (χ0v) is 15.8. The number of ketones is 1. The van der Waals surface area contributed by atoms with Gasteiger partial charge in [0.15, 0.2) is 11.3 Å². The van der Waals surface area contributed by atoms with Crippen LogP contribution in [-0.2, 0) is 4.74 Å².